The summed E-state index contributed by atoms with van der Waals surface area (Å²) in [7, 11) is -6.52. The van der Waals surface area contributed by atoms with E-state index < -0.39 is 37.1 Å². The number of amidine groups is 1. The second kappa shape index (κ2) is 11.6. The minimum absolute atomic E-state index is 0.0351. The van der Waals surface area contributed by atoms with E-state index in [-0.39, 0.29) is 39.6 Å². The molecular formula is C32H36N4O7S2. The Morgan fingerprint density at radius 3 is 2.47 bits per heavy atom. The van der Waals surface area contributed by atoms with Crippen LogP contribution in [0.15, 0.2) is 81.6 Å². The van der Waals surface area contributed by atoms with Crippen molar-refractivity contribution in [3.63, 3.8) is 0 Å². The number of ketones is 1. The monoisotopic (exact) mass is 652 g/mol. The van der Waals surface area contributed by atoms with E-state index >= 15 is 0 Å². The molecule has 1 heterocycles. The number of benzene rings is 3. The van der Waals surface area contributed by atoms with Crippen molar-refractivity contribution in [3.8, 4) is 5.75 Å². The van der Waals surface area contributed by atoms with Gasteiger partial charge >= 0.3 is 0 Å². The van der Waals surface area contributed by atoms with Crippen molar-refractivity contribution < 1.29 is 31.5 Å². The summed E-state index contributed by atoms with van der Waals surface area (Å²) in [6.07, 6.45) is 1.90. The van der Waals surface area contributed by atoms with Crippen LogP contribution in [0.2, 0.25) is 0 Å². The molecule has 13 heteroatoms. The molecule has 3 aromatic rings. The Morgan fingerprint density at radius 2 is 1.78 bits per heavy atom. The molecule has 0 spiro atoms. The first-order valence-corrected chi connectivity index (χ1v) is 17.6. The van der Waals surface area contributed by atoms with Gasteiger partial charge in [0.05, 0.1) is 19.1 Å². The van der Waals surface area contributed by atoms with Gasteiger partial charge in [-0.1, -0.05) is 57.2 Å². The van der Waals surface area contributed by atoms with Crippen molar-refractivity contribution in [2.45, 2.75) is 50.6 Å². The number of nitrogens with one attached hydrogen (secondary N) is 3. The summed E-state index contributed by atoms with van der Waals surface area (Å²) in [6.45, 7) is 6.48. The molecule has 4 N–H and O–H groups in total. The van der Waals surface area contributed by atoms with Crippen LogP contribution < -0.4 is 20.1 Å². The zero-order valence-corrected chi connectivity index (χ0v) is 27.3. The fourth-order valence-electron chi connectivity index (χ4n) is 5.51. The number of aliphatic hydroxyl groups excluding tert-OH is 1. The predicted octanol–water partition coefficient (Wildman–Crippen LogP) is 4.94. The lowest BCUT2D eigenvalue weighted by Gasteiger charge is -2.41. The number of hydrogen-bond donors (Lipinski definition) is 4. The van der Waals surface area contributed by atoms with Crippen LogP contribution in [0, 0.1) is 5.41 Å². The lowest BCUT2D eigenvalue weighted by molar-refractivity contribution is -0.122. The van der Waals surface area contributed by atoms with E-state index in [1.165, 1.54) is 12.1 Å². The van der Waals surface area contributed by atoms with Crippen LogP contribution in [0.5, 0.6) is 5.75 Å². The summed E-state index contributed by atoms with van der Waals surface area (Å²) >= 11 is 0. The van der Waals surface area contributed by atoms with Crippen LogP contribution >= 0.6 is 0 Å². The Balaban J connectivity index is 1.64. The van der Waals surface area contributed by atoms with E-state index in [9.17, 15) is 26.7 Å². The number of sulfonamides is 2. The number of nitrogens with zero attached hydrogens (tertiary/aromatic N) is 1. The van der Waals surface area contributed by atoms with Crippen LogP contribution in [-0.2, 0) is 36.9 Å². The maximum Gasteiger partial charge on any atom is 0.286 e. The first-order chi connectivity index (χ1) is 21.0. The van der Waals surface area contributed by atoms with Gasteiger partial charge in [0.2, 0.25) is 10.0 Å². The van der Waals surface area contributed by atoms with Gasteiger partial charge in [0.25, 0.3) is 10.0 Å². The van der Waals surface area contributed by atoms with Crippen LogP contribution in [0.25, 0.3) is 5.76 Å². The highest BCUT2D eigenvalue weighted by Crippen LogP contribution is 2.44. The molecule has 0 radical (unpaired) electrons. The van der Waals surface area contributed by atoms with Crippen molar-refractivity contribution in [2.75, 3.05) is 23.4 Å². The average Bonchev–Trinajstić information content (AvgIpc) is 2.96. The second-order valence-corrected chi connectivity index (χ2v) is 15.7. The molecule has 0 aromatic heterocycles. The molecule has 0 saturated carbocycles. The third-order valence-electron chi connectivity index (χ3n) is 7.74. The summed E-state index contributed by atoms with van der Waals surface area (Å²) in [4.78, 5) is 14.5. The zero-order valence-electron chi connectivity index (χ0n) is 25.6. The fourth-order valence-corrected chi connectivity index (χ4v) is 7.22. The number of hydrogen-bond acceptors (Lipinski definition) is 9. The quantitative estimate of drug-likeness (QED) is 0.251. The third kappa shape index (κ3) is 6.60. The number of fused-ring (bicyclic) bond motifs is 2. The Kier molecular flexibility index (Phi) is 8.32. The number of ether oxygens (including phenoxy) is 1. The number of carbonyl (C=O) groups is 1. The number of aliphatic hydroxyl groups is 1. The highest BCUT2D eigenvalue weighted by Gasteiger charge is 2.49. The number of carbonyl (C=O) groups excluding carboxylic acids is 1. The number of anilines is 2. The first kappa shape index (κ1) is 32.2. The van der Waals surface area contributed by atoms with Crippen molar-refractivity contribution in [1.29, 1.82) is 0 Å². The Labute approximate surface area is 263 Å². The SMILES string of the molecule is COc1cccc(CNC2(CCC(C)(C)C)C(=O)C(C3=NS(=O)(=O)c4cc(NS(C)(=O)=O)ccc4N3)=C(O)c3ccccc32)c1. The average molecular weight is 653 g/mol. The van der Waals surface area contributed by atoms with Gasteiger partial charge in [-0.05, 0) is 59.7 Å². The maximum absolute atomic E-state index is 14.8. The minimum atomic E-state index is -4.42. The molecule has 3 aromatic carbocycles. The molecule has 0 bridgehead atoms. The molecule has 1 unspecified atom stereocenters. The summed E-state index contributed by atoms with van der Waals surface area (Å²) in [6, 6.07) is 18.4. The predicted molar refractivity (Wildman–Crippen MR) is 174 cm³/mol. The van der Waals surface area contributed by atoms with Gasteiger partial charge in [-0.3, -0.25) is 14.8 Å². The Bertz CT molecular complexity index is 1960. The Hall–Kier alpha value is -4.20. The van der Waals surface area contributed by atoms with Crippen LogP contribution in [0.4, 0.5) is 11.4 Å². The lowest BCUT2D eigenvalue weighted by atomic mass is 9.69. The summed E-state index contributed by atoms with van der Waals surface area (Å²) in [5, 5.41) is 18.0. The molecule has 5 rings (SSSR count). The van der Waals surface area contributed by atoms with E-state index in [0.29, 0.717) is 29.7 Å². The molecule has 1 atom stereocenters. The standard InChI is InChI=1S/C32H36N4O7S2/c1-31(2,3)15-16-32(33-19-20-9-8-10-22(17-20)43-4)24-12-7-6-11-23(24)28(37)27(29(32)38)30-34-25-14-13-21(35-44(5,39)40)18-26(25)45(41,42)36-30/h6-14,17-18,33,35,37H,15-16,19H2,1-5H3,(H,34,36). The highest BCUT2D eigenvalue weighted by atomic mass is 32.2. The third-order valence-corrected chi connectivity index (χ3v) is 9.66. The van der Waals surface area contributed by atoms with E-state index in [0.717, 1.165) is 17.9 Å². The van der Waals surface area contributed by atoms with Gasteiger partial charge in [-0.2, -0.15) is 8.42 Å². The smallest absolute Gasteiger partial charge is 0.286 e. The zero-order chi connectivity index (χ0) is 32.8. The first-order valence-electron chi connectivity index (χ1n) is 14.2. The van der Waals surface area contributed by atoms with Gasteiger partial charge in [0, 0.05) is 17.8 Å². The van der Waals surface area contributed by atoms with Crippen molar-refractivity contribution in [1.82, 2.24) is 5.32 Å². The van der Waals surface area contributed by atoms with Gasteiger partial charge in [0.1, 0.15) is 27.5 Å². The van der Waals surface area contributed by atoms with Crippen molar-refractivity contribution >= 4 is 48.8 Å². The van der Waals surface area contributed by atoms with Gasteiger partial charge < -0.3 is 15.2 Å². The normalized spacial score (nSPS) is 19.2. The molecule has 0 fully saturated rings. The molecular weight excluding hydrogens is 617 g/mol. The van der Waals surface area contributed by atoms with Crippen LogP contribution in [-0.4, -0.2) is 46.9 Å². The molecule has 1 aliphatic heterocycles. The van der Waals surface area contributed by atoms with Crippen molar-refractivity contribution in [3.05, 3.63) is 89.0 Å². The topological polar surface area (TPSA) is 163 Å². The minimum Gasteiger partial charge on any atom is -0.506 e. The van der Waals surface area contributed by atoms with Gasteiger partial charge in [-0.15, -0.1) is 4.40 Å². The highest BCUT2D eigenvalue weighted by molar-refractivity contribution is 7.92. The van der Waals surface area contributed by atoms with E-state index in [4.69, 9.17) is 4.74 Å². The molecule has 2 aliphatic rings. The van der Waals surface area contributed by atoms with E-state index in [2.05, 4.69) is 40.5 Å². The molecule has 0 amide bonds. The number of rotatable bonds is 9. The van der Waals surface area contributed by atoms with Crippen LogP contribution in [0.1, 0.15) is 50.3 Å². The largest absolute Gasteiger partial charge is 0.506 e. The lowest BCUT2D eigenvalue weighted by Crippen LogP contribution is -2.53. The maximum atomic E-state index is 14.8. The van der Waals surface area contributed by atoms with Crippen molar-refractivity contribution in [2.24, 2.45) is 9.81 Å². The molecule has 1 aliphatic carbocycles. The number of Topliss-reactive ketones (excluding diaryl/α,β-unsaturated/α-hetero) is 1. The fraction of sp³-hybridized carbons (Fsp3) is 0.312. The molecule has 238 valence electrons. The van der Waals surface area contributed by atoms with E-state index in [1.807, 2.05) is 24.3 Å². The second-order valence-electron chi connectivity index (χ2n) is 12.4. The summed E-state index contributed by atoms with van der Waals surface area (Å²) in [5.41, 5.74) is 0.129. The molecule has 0 saturated heterocycles. The van der Waals surface area contributed by atoms with Gasteiger partial charge in [-0.25, -0.2) is 8.42 Å². The Morgan fingerprint density at radius 1 is 1.04 bits per heavy atom. The van der Waals surface area contributed by atoms with Crippen LogP contribution in [0.3, 0.4) is 0 Å². The van der Waals surface area contributed by atoms with Gasteiger partial charge in [0.15, 0.2) is 11.6 Å². The molecule has 45 heavy (non-hydrogen) atoms. The summed E-state index contributed by atoms with van der Waals surface area (Å²) in [5.74, 6) is -0.602. The molecule has 11 nitrogen and oxygen atoms in total. The summed E-state index contributed by atoms with van der Waals surface area (Å²) < 4.78 is 61.9. The number of methoxy groups -OCH3 is 1. The van der Waals surface area contributed by atoms with E-state index in [1.54, 1.807) is 31.4 Å².